The van der Waals surface area contributed by atoms with Crippen molar-refractivity contribution in [3.63, 3.8) is 0 Å². The molecule has 0 aromatic heterocycles. The molecule has 1 amide bonds. The highest BCUT2D eigenvalue weighted by Crippen LogP contribution is 2.33. The van der Waals surface area contributed by atoms with Gasteiger partial charge in [-0.25, -0.2) is 4.79 Å². The molecule has 6 nitrogen and oxygen atoms in total. The lowest BCUT2D eigenvalue weighted by molar-refractivity contribution is -0.137. The second kappa shape index (κ2) is 7.42. The van der Waals surface area contributed by atoms with Gasteiger partial charge in [0.15, 0.2) is 0 Å². The number of rotatable bonds is 6. The van der Waals surface area contributed by atoms with Crippen LogP contribution in [-0.4, -0.2) is 39.8 Å². The van der Waals surface area contributed by atoms with E-state index in [2.05, 4.69) is 5.32 Å². The van der Waals surface area contributed by atoms with E-state index in [1.807, 2.05) is 0 Å². The lowest BCUT2D eigenvalue weighted by Gasteiger charge is -2.21. The van der Waals surface area contributed by atoms with Crippen LogP contribution in [0.25, 0.3) is 0 Å². The SMILES string of the molecule is CC(=O)NCCC(O)C(O)c1cc(C(F)(F)F)ccc1C(=O)O. The molecule has 0 heterocycles. The minimum Gasteiger partial charge on any atom is -0.478 e. The Hall–Kier alpha value is -2.13. The summed E-state index contributed by atoms with van der Waals surface area (Å²) in [5.41, 5.74) is -2.21. The number of benzene rings is 1. The smallest absolute Gasteiger partial charge is 0.416 e. The van der Waals surface area contributed by atoms with Gasteiger partial charge >= 0.3 is 12.1 Å². The van der Waals surface area contributed by atoms with Crippen LogP contribution in [0, 0.1) is 0 Å². The van der Waals surface area contributed by atoms with Gasteiger partial charge < -0.3 is 20.6 Å². The molecule has 1 aromatic carbocycles. The Morgan fingerprint density at radius 3 is 2.35 bits per heavy atom. The number of alkyl halides is 3. The van der Waals surface area contributed by atoms with Crippen molar-refractivity contribution in [2.75, 3.05) is 6.54 Å². The summed E-state index contributed by atoms with van der Waals surface area (Å²) in [4.78, 5) is 21.8. The van der Waals surface area contributed by atoms with Crippen molar-refractivity contribution in [2.24, 2.45) is 0 Å². The fourth-order valence-corrected chi connectivity index (χ4v) is 1.94. The third-order valence-corrected chi connectivity index (χ3v) is 3.11. The second-order valence-corrected chi connectivity index (χ2v) is 4.89. The van der Waals surface area contributed by atoms with Crippen molar-refractivity contribution >= 4 is 11.9 Å². The Morgan fingerprint density at radius 1 is 1.26 bits per heavy atom. The number of aromatic carboxylic acids is 1. The van der Waals surface area contributed by atoms with Gasteiger partial charge in [0.05, 0.1) is 17.2 Å². The van der Waals surface area contributed by atoms with Crippen LogP contribution in [0.4, 0.5) is 13.2 Å². The van der Waals surface area contributed by atoms with E-state index in [1.165, 1.54) is 6.92 Å². The summed E-state index contributed by atoms with van der Waals surface area (Å²) < 4.78 is 38.2. The van der Waals surface area contributed by atoms with Gasteiger partial charge in [-0.15, -0.1) is 0 Å². The molecule has 0 saturated carbocycles. The molecule has 9 heteroatoms. The first-order chi connectivity index (χ1) is 10.5. The number of hydrogen-bond donors (Lipinski definition) is 4. The van der Waals surface area contributed by atoms with Crippen LogP contribution in [0.2, 0.25) is 0 Å². The van der Waals surface area contributed by atoms with Crippen molar-refractivity contribution in [2.45, 2.75) is 31.7 Å². The van der Waals surface area contributed by atoms with Crippen LogP contribution in [-0.2, 0) is 11.0 Å². The molecular weight excluding hydrogens is 319 g/mol. The molecule has 0 aliphatic rings. The van der Waals surface area contributed by atoms with Gasteiger partial charge in [-0.1, -0.05) is 0 Å². The second-order valence-electron chi connectivity index (χ2n) is 4.89. The molecule has 2 unspecified atom stereocenters. The van der Waals surface area contributed by atoms with Crippen LogP contribution >= 0.6 is 0 Å². The van der Waals surface area contributed by atoms with Gasteiger partial charge in [0.2, 0.25) is 5.91 Å². The predicted octanol–water partition coefficient (Wildman–Crippen LogP) is 1.32. The Kier molecular flexibility index (Phi) is 6.11. The zero-order chi connectivity index (χ0) is 17.8. The van der Waals surface area contributed by atoms with Gasteiger partial charge in [0.1, 0.15) is 6.10 Å². The lowest BCUT2D eigenvalue weighted by atomic mass is 9.95. The molecule has 128 valence electrons. The van der Waals surface area contributed by atoms with E-state index in [9.17, 15) is 33.0 Å². The Morgan fingerprint density at radius 2 is 1.87 bits per heavy atom. The third kappa shape index (κ3) is 5.22. The maximum absolute atomic E-state index is 12.7. The first-order valence-corrected chi connectivity index (χ1v) is 6.59. The molecule has 0 radical (unpaired) electrons. The van der Waals surface area contributed by atoms with E-state index in [-0.39, 0.29) is 18.9 Å². The molecule has 0 aliphatic carbocycles. The summed E-state index contributed by atoms with van der Waals surface area (Å²) >= 11 is 0. The van der Waals surface area contributed by atoms with Crippen LogP contribution in [0.15, 0.2) is 18.2 Å². The fraction of sp³-hybridized carbons (Fsp3) is 0.429. The Labute approximate surface area is 129 Å². The molecule has 0 aliphatic heterocycles. The normalized spacial score (nSPS) is 14.2. The molecule has 1 aromatic rings. The molecule has 23 heavy (non-hydrogen) atoms. The van der Waals surface area contributed by atoms with E-state index in [0.717, 1.165) is 6.07 Å². The number of carbonyl (C=O) groups excluding carboxylic acids is 1. The Bertz CT molecular complexity index is 588. The van der Waals surface area contributed by atoms with Crippen LogP contribution < -0.4 is 5.32 Å². The molecule has 2 atom stereocenters. The highest BCUT2D eigenvalue weighted by atomic mass is 19.4. The standard InChI is InChI=1S/C14H16F3NO5/c1-7(19)18-5-4-11(20)12(21)10-6-8(14(15,16)17)2-3-9(10)13(22)23/h2-3,6,11-12,20-21H,4-5H2,1H3,(H,18,19)(H,22,23). The molecule has 0 bridgehead atoms. The largest absolute Gasteiger partial charge is 0.478 e. The number of carboxylic acid groups (broad SMARTS) is 1. The number of hydrogen-bond acceptors (Lipinski definition) is 4. The lowest BCUT2D eigenvalue weighted by Crippen LogP contribution is -2.28. The maximum Gasteiger partial charge on any atom is 0.416 e. The Balaban J connectivity index is 3.06. The van der Waals surface area contributed by atoms with Crippen molar-refractivity contribution in [1.29, 1.82) is 0 Å². The van der Waals surface area contributed by atoms with Crippen molar-refractivity contribution in [3.05, 3.63) is 34.9 Å². The number of aliphatic hydroxyl groups is 2. The average molecular weight is 335 g/mol. The zero-order valence-corrected chi connectivity index (χ0v) is 12.1. The average Bonchev–Trinajstić information content (AvgIpc) is 2.44. The molecule has 1 rings (SSSR count). The highest BCUT2D eigenvalue weighted by molar-refractivity contribution is 5.89. The number of carbonyl (C=O) groups is 2. The van der Waals surface area contributed by atoms with Crippen molar-refractivity contribution < 1.29 is 38.1 Å². The fourth-order valence-electron chi connectivity index (χ4n) is 1.94. The number of aliphatic hydroxyl groups excluding tert-OH is 2. The first kappa shape index (κ1) is 18.9. The minimum absolute atomic E-state index is 0.0189. The van der Waals surface area contributed by atoms with E-state index in [1.54, 1.807) is 0 Å². The van der Waals surface area contributed by atoms with Gasteiger partial charge in [-0.3, -0.25) is 4.79 Å². The van der Waals surface area contributed by atoms with Gasteiger partial charge in [-0.2, -0.15) is 13.2 Å². The highest BCUT2D eigenvalue weighted by Gasteiger charge is 2.33. The molecule has 0 fully saturated rings. The molecule has 4 N–H and O–H groups in total. The zero-order valence-electron chi connectivity index (χ0n) is 12.1. The van der Waals surface area contributed by atoms with E-state index < -0.39 is 41.0 Å². The predicted molar refractivity (Wildman–Crippen MR) is 72.7 cm³/mol. The minimum atomic E-state index is -4.72. The van der Waals surface area contributed by atoms with Crippen LogP contribution in [0.1, 0.15) is 40.9 Å². The monoisotopic (exact) mass is 335 g/mol. The third-order valence-electron chi connectivity index (χ3n) is 3.11. The van der Waals surface area contributed by atoms with Gasteiger partial charge in [-0.05, 0) is 30.2 Å². The summed E-state index contributed by atoms with van der Waals surface area (Å²) in [6.07, 6.45) is -8.25. The molecular formula is C14H16F3NO5. The van der Waals surface area contributed by atoms with E-state index >= 15 is 0 Å². The maximum atomic E-state index is 12.7. The van der Waals surface area contributed by atoms with E-state index in [0.29, 0.717) is 12.1 Å². The summed E-state index contributed by atoms with van der Waals surface area (Å²) in [6.45, 7) is 1.22. The first-order valence-electron chi connectivity index (χ1n) is 6.59. The number of amides is 1. The van der Waals surface area contributed by atoms with Crippen LogP contribution in [0.5, 0.6) is 0 Å². The number of carboxylic acids is 1. The van der Waals surface area contributed by atoms with Crippen molar-refractivity contribution in [1.82, 2.24) is 5.32 Å². The molecule has 0 spiro atoms. The topological polar surface area (TPSA) is 107 Å². The summed E-state index contributed by atoms with van der Waals surface area (Å²) in [5, 5.41) is 31.1. The van der Waals surface area contributed by atoms with Gasteiger partial charge in [0, 0.05) is 13.5 Å². The number of halogens is 3. The summed E-state index contributed by atoms with van der Waals surface area (Å²) in [6, 6.07) is 1.81. The summed E-state index contributed by atoms with van der Waals surface area (Å²) in [7, 11) is 0. The number of nitrogens with one attached hydrogen (secondary N) is 1. The quantitative estimate of drug-likeness (QED) is 0.627. The van der Waals surface area contributed by atoms with Crippen molar-refractivity contribution in [3.8, 4) is 0 Å². The summed E-state index contributed by atoms with van der Waals surface area (Å²) in [5.74, 6) is -1.90. The molecule has 0 saturated heterocycles. The van der Waals surface area contributed by atoms with E-state index in [4.69, 9.17) is 5.11 Å². The van der Waals surface area contributed by atoms with Gasteiger partial charge in [0.25, 0.3) is 0 Å². The van der Waals surface area contributed by atoms with Crippen LogP contribution in [0.3, 0.4) is 0 Å².